The minimum absolute atomic E-state index is 0.0913. The summed E-state index contributed by atoms with van der Waals surface area (Å²) in [5.41, 5.74) is 0. The first-order valence-electron chi connectivity index (χ1n) is 6.34. The third-order valence-electron chi connectivity index (χ3n) is 3.55. The van der Waals surface area contributed by atoms with E-state index in [0.29, 0.717) is 5.92 Å². The summed E-state index contributed by atoms with van der Waals surface area (Å²) in [5.74, 6) is 1.78. The Labute approximate surface area is 103 Å². The quantitative estimate of drug-likeness (QED) is 0.743. The molecule has 2 aliphatic rings. The molecule has 4 heteroatoms. The highest BCUT2D eigenvalue weighted by molar-refractivity contribution is 6.27. The molecule has 1 saturated carbocycles. The molecule has 0 bridgehead atoms. The number of hydrogen-bond acceptors (Lipinski definition) is 2. The second kappa shape index (κ2) is 5.87. The van der Waals surface area contributed by atoms with Crippen LogP contribution in [0.25, 0.3) is 0 Å². The Kier molecular flexibility index (Phi) is 4.47. The van der Waals surface area contributed by atoms with E-state index in [1.165, 1.54) is 25.8 Å². The van der Waals surface area contributed by atoms with Gasteiger partial charge in [0.05, 0.1) is 0 Å². The van der Waals surface area contributed by atoms with Crippen molar-refractivity contribution in [3.8, 4) is 0 Å². The molecule has 3 nitrogen and oxygen atoms in total. The molecular weight excluding hydrogens is 224 g/mol. The van der Waals surface area contributed by atoms with E-state index in [2.05, 4.69) is 5.32 Å². The third-order valence-corrected chi connectivity index (χ3v) is 3.78. The van der Waals surface area contributed by atoms with Gasteiger partial charge in [0.25, 0.3) is 0 Å². The standard InChI is InChI=1S/C12H21ClN2O/c13-6-12(16)15-5-1-2-11(9-15)8-14-7-10-3-4-10/h10-11,14H,1-9H2. The summed E-state index contributed by atoms with van der Waals surface area (Å²) in [5, 5.41) is 3.52. The van der Waals surface area contributed by atoms with Gasteiger partial charge in [0, 0.05) is 13.1 Å². The van der Waals surface area contributed by atoms with Crippen molar-refractivity contribution in [3.05, 3.63) is 0 Å². The lowest BCUT2D eigenvalue weighted by Crippen LogP contribution is -2.43. The highest BCUT2D eigenvalue weighted by Crippen LogP contribution is 2.27. The number of rotatable bonds is 5. The molecule has 92 valence electrons. The van der Waals surface area contributed by atoms with E-state index in [0.717, 1.165) is 32.0 Å². The zero-order valence-electron chi connectivity index (χ0n) is 9.75. The van der Waals surface area contributed by atoms with Crippen LogP contribution in [0.15, 0.2) is 0 Å². The zero-order chi connectivity index (χ0) is 11.4. The van der Waals surface area contributed by atoms with Gasteiger partial charge in [-0.25, -0.2) is 0 Å². The Morgan fingerprint density at radius 1 is 1.25 bits per heavy atom. The number of alkyl halides is 1. The molecule has 1 saturated heterocycles. The van der Waals surface area contributed by atoms with Crippen LogP contribution in [-0.4, -0.2) is 42.9 Å². The van der Waals surface area contributed by atoms with Gasteiger partial charge in [0.15, 0.2) is 0 Å². The minimum Gasteiger partial charge on any atom is -0.341 e. The topological polar surface area (TPSA) is 32.3 Å². The largest absolute Gasteiger partial charge is 0.341 e. The minimum atomic E-state index is 0.0913. The number of hydrogen-bond donors (Lipinski definition) is 1. The molecule has 1 heterocycles. The lowest BCUT2D eigenvalue weighted by atomic mass is 9.98. The van der Waals surface area contributed by atoms with Crippen LogP contribution < -0.4 is 5.32 Å². The highest BCUT2D eigenvalue weighted by atomic mass is 35.5. The van der Waals surface area contributed by atoms with Crippen molar-refractivity contribution in [1.82, 2.24) is 10.2 Å². The molecule has 1 aliphatic heterocycles. The molecule has 0 aromatic heterocycles. The molecular formula is C12H21ClN2O. The molecule has 0 radical (unpaired) electrons. The number of piperidine rings is 1. The summed E-state index contributed by atoms with van der Waals surface area (Å²) in [6, 6.07) is 0. The van der Waals surface area contributed by atoms with Crippen LogP contribution in [0.5, 0.6) is 0 Å². The number of carbonyl (C=O) groups excluding carboxylic acids is 1. The first-order valence-corrected chi connectivity index (χ1v) is 6.87. The van der Waals surface area contributed by atoms with Crippen LogP contribution in [0.3, 0.4) is 0 Å². The van der Waals surface area contributed by atoms with Crippen molar-refractivity contribution in [2.24, 2.45) is 11.8 Å². The van der Waals surface area contributed by atoms with Crippen LogP contribution in [-0.2, 0) is 4.79 Å². The van der Waals surface area contributed by atoms with E-state index in [9.17, 15) is 4.79 Å². The molecule has 1 N–H and O–H groups in total. The van der Waals surface area contributed by atoms with Crippen molar-refractivity contribution in [3.63, 3.8) is 0 Å². The van der Waals surface area contributed by atoms with E-state index in [4.69, 9.17) is 11.6 Å². The van der Waals surface area contributed by atoms with Gasteiger partial charge in [-0.05, 0) is 50.6 Å². The third kappa shape index (κ3) is 3.63. The molecule has 1 amide bonds. The average Bonchev–Trinajstić information content (AvgIpc) is 3.12. The molecule has 1 unspecified atom stereocenters. The van der Waals surface area contributed by atoms with Crippen molar-refractivity contribution in [2.75, 3.05) is 32.1 Å². The first kappa shape index (κ1) is 12.2. The maximum absolute atomic E-state index is 11.5. The van der Waals surface area contributed by atoms with Gasteiger partial charge in [-0.1, -0.05) is 0 Å². The van der Waals surface area contributed by atoms with Crippen LogP contribution in [0.4, 0.5) is 0 Å². The maximum Gasteiger partial charge on any atom is 0.237 e. The van der Waals surface area contributed by atoms with E-state index < -0.39 is 0 Å². The van der Waals surface area contributed by atoms with Gasteiger partial charge in [0.2, 0.25) is 5.91 Å². The molecule has 0 aromatic carbocycles. The molecule has 1 atom stereocenters. The normalized spacial score (nSPS) is 25.8. The Morgan fingerprint density at radius 3 is 2.69 bits per heavy atom. The molecule has 1 aliphatic carbocycles. The summed E-state index contributed by atoms with van der Waals surface area (Å²) < 4.78 is 0. The number of carbonyl (C=O) groups is 1. The van der Waals surface area contributed by atoms with Crippen molar-refractivity contribution < 1.29 is 4.79 Å². The summed E-state index contributed by atoms with van der Waals surface area (Å²) in [7, 11) is 0. The Morgan fingerprint density at radius 2 is 2.00 bits per heavy atom. The lowest BCUT2D eigenvalue weighted by molar-refractivity contribution is -0.130. The summed E-state index contributed by atoms with van der Waals surface area (Å²) >= 11 is 5.58. The fraction of sp³-hybridized carbons (Fsp3) is 0.917. The van der Waals surface area contributed by atoms with Gasteiger partial charge in [-0.2, -0.15) is 0 Å². The number of nitrogens with one attached hydrogen (secondary N) is 1. The second-order valence-electron chi connectivity index (χ2n) is 5.08. The van der Waals surface area contributed by atoms with Gasteiger partial charge >= 0.3 is 0 Å². The van der Waals surface area contributed by atoms with Gasteiger partial charge in [0.1, 0.15) is 5.88 Å². The molecule has 2 fully saturated rings. The Bertz CT molecular complexity index is 243. The van der Waals surface area contributed by atoms with Gasteiger partial charge in [-0.3, -0.25) is 4.79 Å². The number of halogens is 1. The van der Waals surface area contributed by atoms with Crippen LogP contribution in [0.2, 0.25) is 0 Å². The van der Waals surface area contributed by atoms with Crippen LogP contribution >= 0.6 is 11.6 Å². The monoisotopic (exact) mass is 244 g/mol. The van der Waals surface area contributed by atoms with E-state index in [1.54, 1.807) is 0 Å². The lowest BCUT2D eigenvalue weighted by Gasteiger charge is -2.32. The van der Waals surface area contributed by atoms with Crippen molar-refractivity contribution in [2.45, 2.75) is 25.7 Å². The fourth-order valence-electron chi connectivity index (χ4n) is 2.36. The first-order chi connectivity index (χ1) is 7.79. The molecule has 2 rings (SSSR count). The van der Waals surface area contributed by atoms with Crippen molar-refractivity contribution >= 4 is 17.5 Å². The van der Waals surface area contributed by atoms with Crippen molar-refractivity contribution in [1.29, 1.82) is 0 Å². The molecule has 0 aromatic rings. The summed E-state index contributed by atoms with van der Waals surface area (Å²) in [6.45, 7) is 4.01. The van der Waals surface area contributed by atoms with E-state index in [-0.39, 0.29) is 11.8 Å². The summed E-state index contributed by atoms with van der Waals surface area (Å²) in [4.78, 5) is 13.4. The Hall–Kier alpha value is -0.280. The fourth-order valence-corrected chi connectivity index (χ4v) is 2.53. The van der Waals surface area contributed by atoms with Crippen LogP contribution in [0, 0.1) is 11.8 Å². The SMILES string of the molecule is O=C(CCl)N1CCCC(CNCC2CC2)C1. The van der Waals surface area contributed by atoms with Gasteiger partial charge in [-0.15, -0.1) is 11.6 Å². The maximum atomic E-state index is 11.5. The predicted molar refractivity (Wildman–Crippen MR) is 65.6 cm³/mol. The number of amides is 1. The van der Waals surface area contributed by atoms with Crippen LogP contribution in [0.1, 0.15) is 25.7 Å². The number of likely N-dealkylation sites (tertiary alicyclic amines) is 1. The highest BCUT2D eigenvalue weighted by Gasteiger charge is 2.24. The smallest absolute Gasteiger partial charge is 0.237 e. The average molecular weight is 245 g/mol. The van der Waals surface area contributed by atoms with Gasteiger partial charge < -0.3 is 10.2 Å². The Balaban J connectivity index is 1.66. The molecule has 0 spiro atoms. The molecule has 16 heavy (non-hydrogen) atoms. The summed E-state index contributed by atoms with van der Waals surface area (Å²) in [6.07, 6.45) is 5.16. The van der Waals surface area contributed by atoms with E-state index in [1.807, 2.05) is 4.90 Å². The second-order valence-corrected chi connectivity index (χ2v) is 5.35. The predicted octanol–water partition coefficient (Wildman–Crippen LogP) is 1.46. The van der Waals surface area contributed by atoms with E-state index >= 15 is 0 Å². The zero-order valence-corrected chi connectivity index (χ0v) is 10.5. The number of nitrogens with zero attached hydrogens (tertiary/aromatic N) is 1.